The fourth-order valence-electron chi connectivity index (χ4n) is 1.47. The molecular formula is C14H24IN3O. The summed E-state index contributed by atoms with van der Waals surface area (Å²) in [6.07, 6.45) is 0.914. The molecule has 1 rings (SSSR count). The molecule has 0 saturated heterocycles. The minimum atomic E-state index is 0. The number of hydrogen-bond acceptors (Lipinski definition) is 2. The van der Waals surface area contributed by atoms with Crippen LogP contribution in [0.5, 0.6) is 5.75 Å². The highest BCUT2D eigenvalue weighted by atomic mass is 127. The van der Waals surface area contributed by atoms with E-state index < -0.39 is 0 Å². The standard InChI is InChI=1S/C14H23N3O.HI/c1-4-15-14(17(2)3)16-11-8-12-18-13-9-6-5-7-10-13;/h5-7,9-10H,4,8,11-12H2,1-3H3,(H,15,16);1H. The molecule has 0 aliphatic carbocycles. The van der Waals surface area contributed by atoms with Gasteiger partial charge >= 0.3 is 0 Å². The maximum Gasteiger partial charge on any atom is 0.193 e. The van der Waals surface area contributed by atoms with Crippen molar-refractivity contribution < 1.29 is 4.74 Å². The van der Waals surface area contributed by atoms with E-state index in [1.165, 1.54) is 0 Å². The van der Waals surface area contributed by atoms with Crippen molar-refractivity contribution in [2.24, 2.45) is 4.99 Å². The van der Waals surface area contributed by atoms with E-state index in [0.29, 0.717) is 6.61 Å². The Morgan fingerprint density at radius 2 is 1.95 bits per heavy atom. The van der Waals surface area contributed by atoms with Gasteiger partial charge < -0.3 is 15.0 Å². The van der Waals surface area contributed by atoms with Crippen molar-refractivity contribution in [3.8, 4) is 5.75 Å². The van der Waals surface area contributed by atoms with Gasteiger partial charge in [-0.2, -0.15) is 0 Å². The lowest BCUT2D eigenvalue weighted by atomic mass is 10.3. The van der Waals surface area contributed by atoms with Crippen LogP contribution in [0.1, 0.15) is 13.3 Å². The van der Waals surface area contributed by atoms with Crippen molar-refractivity contribution >= 4 is 29.9 Å². The third-order valence-electron chi connectivity index (χ3n) is 2.33. The summed E-state index contributed by atoms with van der Waals surface area (Å²) in [4.78, 5) is 6.48. The molecule has 108 valence electrons. The lowest BCUT2D eigenvalue weighted by molar-refractivity contribution is 0.313. The second kappa shape index (κ2) is 10.9. The molecule has 0 atom stereocenters. The van der Waals surface area contributed by atoms with E-state index in [0.717, 1.165) is 31.2 Å². The maximum absolute atomic E-state index is 5.60. The second-order valence-electron chi connectivity index (χ2n) is 4.15. The van der Waals surface area contributed by atoms with Gasteiger partial charge in [0.25, 0.3) is 0 Å². The van der Waals surface area contributed by atoms with Crippen molar-refractivity contribution in [3.05, 3.63) is 30.3 Å². The summed E-state index contributed by atoms with van der Waals surface area (Å²) < 4.78 is 5.60. The molecule has 0 saturated carbocycles. The van der Waals surface area contributed by atoms with Gasteiger partial charge in [0.15, 0.2) is 5.96 Å². The minimum absolute atomic E-state index is 0. The van der Waals surface area contributed by atoms with Gasteiger partial charge in [0.2, 0.25) is 0 Å². The maximum atomic E-state index is 5.60. The van der Waals surface area contributed by atoms with Crippen molar-refractivity contribution in [2.75, 3.05) is 33.8 Å². The number of halogens is 1. The molecule has 0 aromatic heterocycles. The van der Waals surface area contributed by atoms with Crippen molar-refractivity contribution in [3.63, 3.8) is 0 Å². The Morgan fingerprint density at radius 3 is 2.53 bits per heavy atom. The zero-order valence-corrected chi connectivity index (χ0v) is 14.3. The number of benzene rings is 1. The monoisotopic (exact) mass is 377 g/mol. The van der Waals surface area contributed by atoms with Crippen LogP contribution in [-0.4, -0.2) is 44.7 Å². The quantitative estimate of drug-likeness (QED) is 0.358. The predicted octanol–water partition coefficient (Wildman–Crippen LogP) is 2.60. The first-order valence-corrected chi connectivity index (χ1v) is 6.37. The Balaban J connectivity index is 0.00000324. The molecule has 0 aliphatic rings. The van der Waals surface area contributed by atoms with Crippen LogP contribution in [0.25, 0.3) is 0 Å². The van der Waals surface area contributed by atoms with Crippen LogP contribution in [0.2, 0.25) is 0 Å². The molecule has 1 aromatic carbocycles. The van der Waals surface area contributed by atoms with Crippen LogP contribution in [0.4, 0.5) is 0 Å². The number of guanidine groups is 1. The number of hydrogen-bond donors (Lipinski definition) is 1. The van der Waals surface area contributed by atoms with Crippen molar-refractivity contribution in [2.45, 2.75) is 13.3 Å². The molecule has 0 bridgehead atoms. The van der Waals surface area contributed by atoms with Crippen LogP contribution >= 0.6 is 24.0 Å². The third kappa shape index (κ3) is 7.92. The highest BCUT2D eigenvalue weighted by molar-refractivity contribution is 14.0. The number of nitrogens with zero attached hydrogens (tertiary/aromatic N) is 2. The molecule has 0 fully saturated rings. The number of ether oxygens (including phenoxy) is 1. The second-order valence-corrected chi connectivity index (χ2v) is 4.15. The average molecular weight is 377 g/mol. The van der Waals surface area contributed by atoms with Gasteiger partial charge in [-0.05, 0) is 19.1 Å². The van der Waals surface area contributed by atoms with Gasteiger partial charge in [-0.15, -0.1) is 24.0 Å². The molecule has 4 nitrogen and oxygen atoms in total. The Kier molecular flexibility index (Phi) is 10.3. The fourth-order valence-corrected chi connectivity index (χ4v) is 1.47. The lowest BCUT2D eigenvalue weighted by Gasteiger charge is -2.16. The molecule has 0 spiro atoms. The summed E-state index contributed by atoms with van der Waals surface area (Å²) >= 11 is 0. The Bertz CT molecular complexity index is 355. The molecular weight excluding hydrogens is 353 g/mol. The van der Waals surface area contributed by atoms with E-state index in [1.807, 2.05) is 49.3 Å². The van der Waals surface area contributed by atoms with Crippen LogP contribution in [0.15, 0.2) is 35.3 Å². The first kappa shape index (κ1) is 18.0. The first-order chi connectivity index (χ1) is 8.74. The highest BCUT2D eigenvalue weighted by Gasteiger charge is 1.98. The predicted molar refractivity (Wildman–Crippen MR) is 91.6 cm³/mol. The van der Waals surface area contributed by atoms with Crippen LogP contribution in [-0.2, 0) is 0 Å². The largest absolute Gasteiger partial charge is 0.494 e. The molecule has 19 heavy (non-hydrogen) atoms. The van der Waals surface area contributed by atoms with Gasteiger partial charge in [-0.3, -0.25) is 4.99 Å². The van der Waals surface area contributed by atoms with Gasteiger partial charge in [-0.1, -0.05) is 18.2 Å². The first-order valence-electron chi connectivity index (χ1n) is 6.37. The van der Waals surface area contributed by atoms with Crippen molar-refractivity contribution in [1.82, 2.24) is 10.2 Å². The third-order valence-corrected chi connectivity index (χ3v) is 2.33. The van der Waals surface area contributed by atoms with Crippen molar-refractivity contribution in [1.29, 1.82) is 0 Å². The SMILES string of the molecule is CCNC(=NCCCOc1ccccc1)N(C)C.I. The summed E-state index contributed by atoms with van der Waals surface area (Å²) in [6.45, 7) is 4.42. The van der Waals surface area contributed by atoms with E-state index in [4.69, 9.17) is 4.74 Å². The smallest absolute Gasteiger partial charge is 0.193 e. The Morgan fingerprint density at radius 1 is 1.26 bits per heavy atom. The average Bonchev–Trinajstić information content (AvgIpc) is 2.38. The highest BCUT2D eigenvalue weighted by Crippen LogP contribution is 2.08. The molecule has 0 unspecified atom stereocenters. The summed E-state index contributed by atoms with van der Waals surface area (Å²) in [6, 6.07) is 9.86. The van der Waals surface area contributed by atoms with E-state index >= 15 is 0 Å². The number of aliphatic imine (C=N–C) groups is 1. The normalized spacial score (nSPS) is 10.6. The molecule has 5 heteroatoms. The summed E-state index contributed by atoms with van der Waals surface area (Å²) in [7, 11) is 3.98. The molecule has 0 aliphatic heterocycles. The topological polar surface area (TPSA) is 36.9 Å². The molecule has 0 radical (unpaired) electrons. The molecule has 0 heterocycles. The molecule has 1 N–H and O–H groups in total. The van der Waals surface area contributed by atoms with Gasteiger partial charge in [0.05, 0.1) is 6.61 Å². The Labute approximate surface area is 133 Å². The van der Waals surface area contributed by atoms with E-state index in [2.05, 4.69) is 17.2 Å². The van der Waals surface area contributed by atoms with E-state index in [1.54, 1.807) is 0 Å². The molecule has 0 amide bonds. The lowest BCUT2D eigenvalue weighted by Crippen LogP contribution is -2.36. The van der Waals surface area contributed by atoms with Crippen LogP contribution in [0.3, 0.4) is 0 Å². The molecule has 1 aromatic rings. The summed E-state index contributed by atoms with van der Waals surface area (Å²) in [5.41, 5.74) is 0. The van der Waals surface area contributed by atoms with Crippen LogP contribution < -0.4 is 10.1 Å². The summed E-state index contributed by atoms with van der Waals surface area (Å²) in [5, 5.41) is 3.23. The van der Waals surface area contributed by atoms with E-state index in [9.17, 15) is 0 Å². The van der Waals surface area contributed by atoms with E-state index in [-0.39, 0.29) is 24.0 Å². The zero-order chi connectivity index (χ0) is 13.2. The minimum Gasteiger partial charge on any atom is -0.494 e. The summed E-state index contributed by atoms with van der Waals surface area (Å²) in [5.74, 6) is 1.85. The number of rotatable bonds is 6. The Hall–Kier alpha value is -0.980. The number of para-hydroxylation sites is 1. The van der Waals surface area contributed by atoms with Gasteiger partial charge in [-0.25, -0.2) is 0 Å². The number of nitrogens with one attached hydrogen (secondary N) is 1. The zero-order valence-electron chi connectivity index (χ0n) is 11.9. The van der Waals surface area contributed by atoms with Gasteiger partial charge in [0, 0.05) is 33.6 Å². The van der Waals surface area contributed by atoms with Gasteiger partial charge in [0.1, 0.15) is 5.75 Å². The van der Waals surface area contributed by atoms with Crippen LogP contribution in [0, 0.1) is 0 Å². The fraction of sp³-hybridized carbons (Fsp3) is 0.500.